The van der Waals surface area contributed by atoms with E-state index in [4.69, 9.17) is 72.9 Å². The molecule has 21 aromatic rings. The van der Waals surface area contributed by atoms with Crippen LogP contribution in [0.5, 0.6) is 0 Å². The van der Waals surface area contributed by atoms with Gasteiger partial charge in [0, 0.05) is 108 Å². The van der Waals surface area contributed by atoms with Gasteiger partial charge >= 0.3 is 6.18 Å². The molecule has 0 N–H and O–H groups in total. The summed E-state index contributed by atoms with van der Waals surface area (Å²) in [5, 5.41) is 73.5. The molecular formula is C108H87Cl5F3N21O. The molecule has 0 aliphatic carbocycles. The number of alkyl halides is 3. The van der Waals surface area contributed by atoms with Crippen molar-refractivity contribution in [2.75, 3.05) is 32.8 Å². The number of aryl methyl sites for hydroxylation is 4. The van der Waals surface area contributed by atoms with Gasteiger partial charge in [0.1, 0.15) is 56.9 Å². The van der Waals surface area contributed by atoms with E-state index in [1.165, 1.54) is 17.7 Å². The van der Waals surface area contributed by atoms with E-state index in [2.05, 4.69) is 114 Å². The number of morpholine rings is 1. The van der Waals surface area contributed by atoms with Crippen LogP contribution in [0.15, 0.2) is 315 Å². The number of fused-ring (bicyclic) bond motifs is 5. The molecule has 0 atom stereocenters. The first-order valence-electron chi connectivity index (χ1n) is 43.9. The molecule has 10 aromatic heterocycles. The largest absolute Gasteiger partial charge is 0.416 e. The maximum Gasteiger partial charge on any atom is 0.416 e. The van der Waals surface area contributed by atoms with Gasteiger partial charge in [-0.05, 0) is 42.8 Å². The van der Waals surface area contributed by atoms with Crippen LogP contribution < -0.4 is 0 Å². The van der Waals surface area contributed by atoms with Gasteiger partial charge in [-0.3, -0.25) is 4.90 Å². The Balaban J connectivity index is 0.000000119. The number of benzene rings is 11. The number of ether oxygens (including phenoxy) is 1. The second kappa shape index (κ2) is 42.9. The highest BCUT2D eigenvalue weighted by Gasteiger charge is 2.32. The van der Waals surface area contributed by atoms with Gasteiger partial charge in [0.15, 0.2) is 28.2 Å². The molecule has 0 radical (unpaired) electrons. The molecule has 0 saturated carbocycles. The molecule has 1 aliphatic rings. The maximum absolute atomic E-state index is 13.0. The van der Waals surface area contributed by atoms with E-state index in [1.54, 1.807) is 21.1 Å². The smallest absolute Gasteiger partial charge is 0.379 e. The topological polar surface area (TPSA) is 230 Å². The summed E-state index contributed by atoms with van der Waals surface area (Å²) in [6.07, 6.45) is -3.64. The van der Waals surface area contributed by atoms with Crippen molar-refractivity contribution in [1.82, 2.24) is 105 Å². The third-order valence-corrected chi connectivity index (χ3v) is 24.6. The Morgan fingerprint density at radius 3 is 0.993 bits per heavy atom. The molecule has 138 heavy (non-hydrogen) atoms. The molecule has 1 aliphatic heterocycles. The van der Waals surface area contributed by atoms with Crippen molar-refractivity contribution in [1.29, 1.82) is 0 Å². The molecule has 11 aromatic carbocycles. The second-order valence-corrected chi connectivity index (χ2v) is 33.9. The van der Waals surface area contributed by atoms with Gasteiger partial charge in [-0.2, -0.15) is 38.7 Å². The van der Waals surface area contributed by atoms with Crippen LogP contribution in [0.3, 0.4) is 0 Å². The van der Waals surface area contributed by atoms with E-state index >= 15 is 0 Å². The molecule has 1 fully saturated rings. The van der Waals surface area contributed by atoms with Crippen LogP contribution in [0.25, 0.3) is 168 Å². The summed E-state index contributed by atoms with van der Waals surface area (Å²) in [6.45, 7) is 9.73. The van der Waals surface area contributed by atoms with E-state index < -0.39 is 11.7 Å². The Kier molecular flexibility index (Phi) is 29.4. The molecule has 0 spiro atoms. The van der Waals surface area contributed by atoms with Crippen LogP contribution in [0, 0.1) is 18.8 Å². The second-order valence-electron chi connectivity index (χ2n) is 32.0. The fourth-order valence-electron chi connectivity index (χ4n) is 16.1. The number of rotatable bonds is 15. The molecule has 22 nitrogen and oxygen atoms in total. The zero-order valence-electron chi connectivity index (χ0n) is 74.5. The number of halogens is 8. The molecule has 0 amide bonds. The third kappa shape index (κ3) is 20.5. The minimum Gasteiger partial charge on any atom is -0.379 e. The standard InChI is InChI=1S/C24H17ClN4.C23H22ClN5O.C22H17ClN4.C19H12ClF3N4.C19H15ClN4.CH4/c25-21-20-22(18-12-6-2-7-13-18)28-29(16-17-10-4-1-5-11-17)24(20)27-26-23(21)19-14-8-3-9-15-19;24-20-19-21(17-7-3-1-4-8-17)27-29(12-11-28-13-15-30-16-14-28)23(19)26-25-22(20)18-9-5-2-6-10-18;1-3-4-9-15-10-8-13-17(14-15)20-18-19(23)21(16-11-6-5-7-12-16)24-25-22(18)27(2)26-20;1-27-18-14(16(26-27)11-6-3-2-4-7-11)15(20)17(24-25-18)12-8-5-9-13(10-12)19(21,22)23;1-12-7-6-10-14(11-12)17-15-16(20)18(13-8-4-3-5-9-13)21-22-19(15)24(2)23-17;/h1-15H,16H2;1-10H,11-16H2;5-8,10-14H,3H2,1-2H3;2-10H,1H3;3-11H,1-2H3;1H4. The van der Waals surface area contributed by atoms with Gasteiger partial charge in [-0.1, -0.05) is 375 Å². The van der Waals surface area contributed by atoms with Crippen molar-refractivity contribution in [3.8, 4) is 124 Å². The number of hydrogen-bond acceptors (Lipinski definition) is 17. The van der Waals surface area contributed by atoms with E-state index in [1.807, 2.05) is 297 Å². The van der Waals surface area contributed by atoms with Gasteiger partial charge in [0.2, 0.25) is 0 Å². The van der Waals surface area contributed by atoms with Crippen LogP contribution in [-0.2, 0) is 45.1 Å². The summed E-state index contributed by atoms with van der Waals surface area (Å²) in [5.41, 5.74) is 21.2. The lowest BCUT2D eigenvalue weighted by molar-refractivity contribution is -0.137. The summed E-state index contributed by atoms with van der Waals surface area (Å²) >= 11 is 33.9. The minimum atomic E-state index is -4.45. The predicted molar refractivity (Wildman–Crippen MR) is 545 cm³/mol. The average molecular weight is 1930 g/mol. The van der Waals surface area contributed by atoms with Crippen LogP contribution in [-0.4, -0.2) is 138 Å². The highest BCUT2D eigenvalue weighted by Crippen LogP contribution is 2.45. The summed E-state index contributed by atoms with van der Waals surface area (Å²) in [7, 11) is 5.42. The lowest BCUT2D eigenvalue weighted by atomic mass is 10.0. The minimum absolute atomic E-state index is 0. The number of hydrogen-bond donors (Lipinski definition) is 0. The molecule has 22 rings (SSSR count). The third-order valence-electron chi connectivity index (χ3n) is 22.8. The maximum atomic E-state index is 13.0. The normalized spacial score (nSPS) is 11.9. The SMILES string of the molecule is C.CCC#Cc1cccc(-c2nn(C)c3nnc(-c4ccccc4)c(Cl)c23)c1.Cc1cccc(-c2nn(C)c3nnc(-c4ccccc4)c(Cl)c23)c1.Clc1c(-c2ccccc2)nnc2c1c(-c1ccccc1)nn2CCN1CCOCC1.Clc1c(-c2ccccc2)nnc2c1c(-c1ccccc1)nn2Cc1ccccc1.Cn1nc(-c2ccccc2)c2c(Cl)c(-c3cccc(C(F)(F)F)c3)nnc21. The predicted octanol–water partition coefficient (Wildman–Crippen LogP) is 25.8. The van der Waals surface area contributed by atoms with Crippen LogP contribution in [0.1, 0.15) is 43.0 Å². The lowest BCUT2D eigenvalue weighted by Gasteiger charge is -2.26. The molecule has 686 valence electrons. The lowest BCUT2D eigenvalue weighted by Crippen LogP contribution is -2.38. The Morgan fingerprint density at radius 1 is 0.319 bits per heavy atom. The van der Waals surface area contributed by atoms with Crippen molar-refractivity contribution >= 4 is 113 Å². The van der Waals surface area contributed by atoms with Crippen LogP contribution in [0.4, 0.5) is 13.2 Å². The van der Waals surface area contributed by atoms with Crippen molar-refractivity contribution < 1.29 is 17.9 Å². The zero-order chi connectivity index (χ0) is 94.6. The summed E-state index contributed by atoms with van der Waals surface area (Å²) in [5.74, 6) is 6.27. The molecule has 0 unspecified atom stereocenters. The van der Waals surface area contributed by atoms with Gasteiger partial charge < -0.3 is 4.74 Å². The van der Waals surface area contributed by atoms with E-state index in [9.17, 15) is 13.2 Å². The first-order chi connectivity index (χ1) is 66.8. The first-order valence-corrected chi connectivity index (χ1v) is 45.8. The Hall–Kier alpha value is -15.1. The monoisotopic (exact) mass is 1930 g/mol. The molecule has 1 saturated heterocycles. The molecular weight excluding hydrogens is 1840 g/mol. The van der Waals surface area contributed by atoms with Crippen LogP contribution in [0.2, 0.25) is 25.1 Å². The van der Waals surface area contributed by atoms with Crippen molar-refractivity contribution in [3.05, 3.63) is 363 Å². The highest BCUT2D eigenvalue weighted by atomic mass is 35.5. The number of aromatic nitrogens is 20. The van der Waals surface area contributed by atoms with Crippen molar-refractivity contribution in [3.63, 3.8) is 0 Å². The van der Waals surface area contributed by atoms with Crippen molar-refractivity contribution in [2.45, 2.75) is 47.0 Å². The zero-order valence-corrected chi connectivity index (χ0v) is 78.3. The number of nitrogens with zero attached hydrogens (tertiary/aromatic N) is 21. The van der Waals surface area contributed by atoms with Gasteiger partial charge in [-0.15, -0.1) is 51.0 Å². The quantitative estimate of drug-likeness (QED) is 0.0868. The highest BCUT2D eigenvalue weighted by molar-refractivity contribution is 6.41. The summed E-state index contributed by atoms with van der Waals surface area (Å²) < 4.78 is 53.4. The Bertz CT molecular complexity index is 7940. The van der Waals surface area contributed by atoms with Gasteiger partial charge in [-0.25, -0.2) is 23.4 Å². The van der Waals surface area contributed by atoms with E-state index in [0.29, 0.717) is 88.7 Å². The van der Waals surface area contributed by atoms with E-state index in [-0.39, 0.29) is 23.7 Å². The fourth-order valence-corrected chi connectivity index (χ4v) is 17.7. The first kappa shape index (κ1) is 94.6. The Morgan fingerprint density at radius 2 is 0.616 bits per heavy atom. The van der Waals surface area contributed by atoms with E-state index in [0.717, 1.165) is 163 Å². The molecule has 11 heterocycles. The molecule has 30 heteroatoms. The Labute approximate surface area is 818 Å². The fraction of sp³-hybridized carbons (Fsp3) is 0.139. The molecule has 0 bridgehead atoms. The van der Waals surface area contributed by atoms with Crippen LogP contribution >= 0.6 is 58.0 Å². The summed E-state index contributed by atoms with van der Waals surface area (Å²) in [4.78, 5) is 2.38. The van der Waals surface area contributed by atoms with Gasteiger partial charge in [0.05, 0.1) is 83.9 Å². The summed E-state index contributed by atoms with van der Waals surface area (Å²) in [6, 6.07) is 100. The average Bonchev–Trinajstić information content (AvgIpc) is 1.61. The van der Waals surface area contributed by atoms with Gasteiger partial charge in [0.25, 0.3) is 0 Å². The van der Waals surface area contributed by atoms with Crippen molar-refractivity contribution in [2.24, 2.45) is 21.1 Å².